The molecule has 6 nitrogen and oxygen atoms in total. The van der Waals surface area contributed by atoms with Crippen LogP contribution in [0.2, 0.25) is 5.02 Å². The predicted molar refractivity (Wildman–Crippen MR) is 99.6 cm³/mol. The van der Waals surface area contributed by atoms with Gasteiger partial charge in [-0.3, -0.25) is 4.79 Å². The number of ether oxygens (including phenoxy) is 2. The fourth-order valence-electron chi connectivity index (χ4n) is 2.47. The van der Waals surface area contributed by atoms with E-state index in [2.05, 4.69) is 5.32 Å². The maximum atomic E-state index is 12.5. The predicted octanol–water partition coefficient (Wildman–Crippen LogP) is 4.11. The number of carbonyl (C=O) groups is 1. The Kier molecular flexibility index (Phi) is 5.14. The van der Waals surface area contributed by atoms with Crippen LogP contribution >= 0.6 is 11.6 Å². The Bertz CT molecular complexity index is 1030. The molecule has 3 rings (SSSR count). The molecule has 0 atom stereocenters. The van der Waals surface area contributed by atoms with E-state index < -0.39 is 11.5 Å². The standard InChI is InChI=1S/C19H16ClNO5/c1-3-25-13-6-4-11-8-14(19(23)26-17(11)10-13)18(22)21-15-9-12(20)5-7-16(15)24-2/h4-10H,3H2,1-2H3,(H,21,22). The molecule has 1 N–H and O–H groups in total. The molecular formula is C19H16ClNO5. The fraction of sp³-hybridized carbons (Fsp3) is 0.158. The van der Waals surface area contributed by atoms with E-state index in [0.29, 0.717) is 39.8 Å². The second-order valence-electron chi connectivity index (χ2n) is 5.38. The number of halogens is 1. The highest BCUT2D eigenvalue weighted by Gasteiger charge is 2.16. The summed E-state index contributed by atoms with van der Waals surface area (Å²) >= 11 is 5.95. The third-order valence-corrected chi connectivity index (χ3v) is 3.91. The molecule has 1 aromatic heterocycles. The van der Waals surface area contributed by atoms with E-state index in [9.17, 15) is 9.59 Å². The second kappa shape index (κ2) is 7.49. The van der Waals surface area contributed by atoms with E-state index in [-0.39, 0.29) is 5.56 Å². The van der Waals surface area contributed by atoms with Crippen LogP contribution in [0.4, 0.5) is 5.69 Å². The Morgan fingerprint density at radius 3 is 2.73 bits per heavy atom. The summed E-state index contributed by atoms with van der Waals surface area (Å²) in [4.78, 5) is 24.8. The summed E-state index contributed by atoms with van der Waals surface area (Å²) in [5, 5.41) is 3.66. The third kappa shape index (κ3) is 3.65. The molecule has 0 bridgehead atoms. The number of rotatable bonds is 5. The van der Waals surface area contributed by atoms with Gasteiger partial charge in [0.2, 0.25) is 0 Å². The summed E-state index contributed by atoms with van der Waals surface area (Å²) in [5.41, 5.74) is -0.164. The van der Waals surface area contributed by atoms with Crippen LogP contribution in [0.25, 0.3) is 11.0 Å². The maximum absolute atomic E-state index is 12.5. The van der Waals surface area contributed by atoms with Gasteiger partial charge in [0.05, 0.1) is 19.4 Å². The summed E-state index contributed by atoms with van der Waals surface area (Å²) in [6.45, 7) is 2.36. The average molecular weight is 374 g/mol. The van der Waals surface area contributed by atoms with Gasteiger partial charge < -0.3 is 19.2 Å². The molecule has 3 aromatic rings. The lowest BCUT2D eigenvalue weighted by atomic mass is 10.1. The molecule has 134 valence electrons. The molecule has 26 heavy (non-hydrogen) atoms. The zero-order valence-corrected chi connectivity index (χ0v) is 14.9. The van der Waals surface area contributed by atoms with E-state index in [0.717, 1.165) is 0 Å². The summed E-state index contributed by atoms with van der Waals surface area (Å²) in [5.74, 6) is 0.397. The molecule has 0 spiro atoms. The highest BCUT2D eigenvalue weighted by Crippen LogP contribution is 2.28. The Morgan fingerprint density at radius 2 is 2.00 bits per heavy atom. The minimum atomic E-state index is -0.746. The lowest BCUT2D eigenvalue weighted by Crippen LogP contribution is -2.21. The van der Waals surface area contributed by atoms with E-state index in [1.165, 1.54) is 19.2 Å². The van der Waals surface area contributed by atoms with Crippen LogP contribution in [0, 0.1) is 0 Å². The summed E-state index contributed by atoms with van der Waals surface area (Å²) < 4.78 is 15.8. The zero-order chi connectivity index (χ0) is 18.7. The van der Waals surface area contributed by atoms with Gasteiger partial charge in [0.15, 0.2) is 0 Å². The molecule has 0 aliphatic heterocycles. The van der Waals surface area contributed by atoms with Crippen LogP contribution in [0.1, 0.15) is 17.3 Å². The molecule has 0 aliphatic carbocycles. The smallest absolute Gasteiger partial charge is 0.349 e. The van der Waals surface area contributed by atoms with Gasteiger partial charge in [-0.15, -0.1) is 0 Å². The van der Waals surface area contributed by atoms with Crippen molar-refractivity contribution in [1.82, 2.24) is 0 Å². The van der Waals surface area contributed by atoms with Gasteiger partial charge in [-0.05, 0) is 43.3 Å². The Morgan fingerprint density at radius 1 is 1.19 bits per heavy atom. The first-order valence-electron chi connectivity index (χ1n) is 7.87. The Hall–Kier alpha value is -2.99. The minimum absolute atomic E-state index is 0.122. The van der Waals surface area contributed by atoms with Crippen LogP contribution in [-0.2, 0) is 0 Å². The summed E-state index contributed by atoms with van der Waals surface area (Å²) in [6.07, 6.45) is 0. The molecule has 7 heteroatoms. The molecule has 1 amide bonds. The lowest BCUT2D eigenvalue weighted by Gasteiger charge is -2.10. The largest absolute Gasteiger partial charge is 0.495 e. The maximum Gasteiger partial charge on any atom is 0.349 e. The molecule has 0 fully saturated rings. The van der Waals surface area contributed by atoms with Crippen LogP contribution in [0.5, 0.6) is 11.5 Å². The average Bonchev–Trinajstić information content (AvgIpc) is 2.61. The van der Waals surface area contributed by atoms with E-state index in [1.54, 1.807) is 30.3 Å². The molecule has 0 radical (unpaired) electrons. The SMILES string of the molecule is CCOc1ccc2cc(C(=O)Nc3cc(Cl)ccc3OC)c(=O)oc2c1. The van der Waals surface area contributed by atoms with Gasteiger partial charge in [0.25, 0.3) is 5.91 Å². The van der Waals surface area contributed by atoms with Gasteiger partial charge in [0.1, 0.15) is 22.6 Å². The molecule has 0 unspecified atom stereocenters. The number of nitrogens with one attached hydrogen (secondary N) is 1. The van der Waals surface area contributed by atoms with Crippen molar-refractivity contribution in [2.45, 2.75) is 6.92 Å². The lowest BCUT2D eigenvalue weighted by molar-refractivity contribution is 0.102. The van der Waals surface area contributed by atoms with Crippen molar-refractivity contribution >= 4 is 34.2 Å². The number of methoxy groups -OCH3 is 1. The molecule has 1 heterocycles. The first-order valence-corrected chi connectivity index (χ1v) is 8.25. The van der Waals surface area contributed by atoms with E-state index in [1.807, 2.05) is 6.92 Å². The number of hydrogen-bond donors (Lipinski definition) is 1. The second-order valence-corrected chi connectivity index (χ2v) is 5.82. The minimum Gasteiger partial charge on any atom is -0.495 e. The number of anilines is 1. The van der Waals surface area contributed by atoms with Gasteiger partial charge in [-0.2, -0.15) is 0 Å². The number of fused-ring (bicyclic) bond motifs is 1. The van der Waals surface area contributed by atoms with Crippen LogP contribution in [0.15, 0.2) is 51.7 Å². The molecule has 0 saturated heterocycles. The van der Waals surface area contributed by atoms with Gasteiger partial charge in [-0.25, -0.2) is 4.79 Å². The summed E-state index contributed by atoms with van der Waals surface area (Å²) in [6, 6.07) is 11.3. The highest BCUT2D eigenvalue weighted by atomic mass is 35.5. The number of benzene rings is 2. The first kappa shape index (κ1) is 17.8. The number of carbonyl (C=O) groups excluding carboxylic acids is 1. The molecule has 0 aliphatic rings. The van der Waals surface area contributed by atoms with E-state index >= 15 is 0 Å². The van der Waals surface area contributed by atoms with Gasteiger partial charge in [-0.1, -0.05) is 11.6 Å². The van der Waals surface area contributed by atoms with Crippen molar-refractivity contribution in [3.63, 3.8) is 0 Å². The van der Waals surface area contributed by atoms with Gasteiger partial charge in [0, 0.05) is 16.5 Å². The zero-order valence-electron chi connectivity index (χ0n) is 14.2. The highest BCUT2D eigenvalue weighted by molar-refractivity contribution is 6.31. The van der Waals surface area contributed by atoms with Gasteiger partial charge >= 0.3 is 5.63 Å². The van der Waals surface area contributed by atoms with Crippen molar-refractivity contribution in [3.8, 4) is 11.5 Å². The van der Waals surface area contributed by atoms with Crippen molar-refractivity contribution in [1.29, 1.82) is 0 Å². The number of amides is 1. The third-order valence-electron chi connectivity index (χ3n) is 3.67. The van der Waals surface area contributed by atoms with E-state index in [4.69, 9.17) is 25.5 Å². The van der Waals surface area contributed by atoms with Crippen molar-refractivity contribution in [2.75, 3.05) is 19.0 Å². The first-order chi connectivity index (χ1) is 12.5. The quantitative estimate of drug-likeness (QED) is 0.681. The monoisotopic (exact) mass is 373 g/mol. The molecular weight excluding hydrogens is 358 g/mol. The summed E-state index contributed by atoms with van der Waals surface area (Å²) in [7, 11) is 1.47. The fourth-order valence-corrected chi connectivity index (χ4v) is 2.65. The topological polar surface area (TPSA) is 77.8 Å². The normalized spacial score (nSPS) is 10.6. The van der Waals surface area contributed by atoms with Crippen molar-refractivity contribution < 1.29 is 18.7 Å². The van der Waals surface area contributed by atoms with Crippen LogP contribution < -0.4 is 20.4 Å². The van der Waals surface area contributed by atoms with Crippen molar-refractivity contribution in [3.05, 3.63) is 63.5 Å². The number of hydrogen-bond acceptors (Lipinski definition) is 5. The molecule has 0 saturated carbocycles. The Balaban J connectivity index is 1.96. The molecule has 2 aromatic carbocycles. The Labute approximate surface area is 154 Å². The van der Waals surface area contributed by atoms with Crippen LogP contribution in [0.3, 0.4) is 0 Å². The van der Waals surface area contributed by atoms with Crippen molar-refractivity contribution in [2.24, 2.45) is 0 Å². The van der Waals surface area contributed by atoms with Crippen LogP contribution in [-0.4, -0.2) is 19.6 Å².